The molecular formula is C21H28N6O2S3. The molecule has 0 spiro atoms. The molecule has 1 saturated heterocycles. The van der Waals surface area contributed by atoms with Crippen LogP contribution in [0.2, 0.25) is 0 Å². The number of hydrogen-bond donors (Lipinski definition) is 1. The van der Waals surface area contributed by atoms with E-state index < -0.39 is 9.84 Å². The van der Waals surface area contributed by atoms with E-state index in [0.29, 0.717) is 23.6 Å². The first-order valence-electron chi connectivity index (χ1n) is 10.5. The molecule has 1 aliphatic rings. The molecule has 1 fully saturated rings. The third kappa shape index (κ3) is 5.11. The first-order valence-corrected chi connectivity index (χ1v) is 13.5. The summed E-state index contributed by atoms with van der Waals surface area (Å²) in [7, 11) is -0.936. The summed E-state index contributed by atoms with van der Waals surface area (Å²) in [6, 6.07) is 8.07. The van der Waals surface area contributed by atoms with Gasteiger partial charge in [-0.15, -0.1) is 5.10 Å². The lowest BCUT2D eigenvalue weighted by atomic mass is 10.2. The van der Waals surface area contributed by atoms with E-state index in [1.165, 1.54) is 16.9 Å². The van der Waals surface area contributed by atoms with Gasteiger partial charge in [0.15, 0.2) is 13.8 Å². The van der Waals surface area contributed by atoms with Gasteiger partial charge in [0, 0.05) is 23.5 Å². The van der Waals surface area contributed by atoms with Crippen LogP contribution in [0.25, 0.3) is 0 Å². The van der Waals surface area contributed by atoms with Crippen LogP contribution < -0.4 is 5.32 Å². The molecule has 0 aliphatic carbocycles. The zero-order chi connectivity index (χ0) is 23.0. The van der Waals surface area contributed by atoms with E-state index in [4.69, 9.17) is 12.2 Å². The third-order valence-electron chi connectivity index (χ3n) is 5.71. The van der Waals surface area contributed by atoms with Crippen molar-refractivity contribution in [2.75, 3.05) is 23.9 Å². The average Bonchev–Trinajstić information content (AvgIpc) is 3.32. The lowest BCUT2D eigenvalue weighted by Gasteiger charge is -2.17. The molecule has 11 heteroatoms. The molecule has 3 aromatic rings. The normalized spacial score (nSPS) is 17.8. The van der Waals surface area contributed by atoms with E-state index >= 15 is 0 Å². The van der Waals surface area contributed by atoms with Crippen molar-refractivity contribution in [3.8, 4) is 0 Å². The van der Waals surface area contributed by atoms with E-state index in [1.807, 2.05) is 42.4 Å². The predicted molar refractivity (Wildman–Crippen MR) is 131 cm³/mol. The smallest absolute Gasteiger partial charge is 0.209 e. The summed E-state index contributed by atoms with van der Waals surface area (Å²) in [6.07, 6.45) is 0.629. The van der Waals surface area contributed by atoms with Crippen molar-refractivity contribution in [2.24, 2.45) is 0 Å². The molecule has 0 amide bonds. The minimum Gasteiger partial charge on any atom is -0.330 e. The maximum absolute atomic E-state index is 11.9. The van der Waals surface area contributed by atoms with Crippen LogP contribution in [0.15, 0.2) is 24.3 Å². The lowest BCUT2D eigenvalue weighted by Crippen LogP contribution is -2.23. The molecule has 1 aromatic carbocycles. The zero-order valence-electron chi connectivity index (χ0n) is 18.7. The Morgan fingerprint density at radius 2 is 2.06 bits per heavy atom. The quantitative estimate of drug-likeness (QED) is 0.499. The molecule has 1 N–H and O–H groups in total. The standard InChI is InChI=1S/C21H28N6O2S3/c1-14-6-5-7-17(10-14)22-20-24-26(21(30)31-20)13-25(4)11-19-15(2)23-27(16(19)3)18-8-9-32(28,29)12-18/h5-7,10,18H,8-9,11-13H2,1-4H3,(H,22,24). The number of aryl methyl sites for hydroxylation is 2. The van der Waals surface area contributed by atoms with Gasteiger partial charge in [-0.1, -0.05) is 23.5 Å². The summed E-state index contributed by atoms with van der Waals surface area (Å²) >= 11 is 6.97. The van der Waals surface area contributed by atoms with Gasteiger partial charge < -0.3 is 5.32 Å². The van der Waals surface area contributed by atoms with Gasteiger partial charge >= 0.3 is 0 Å². The van der Waals surface area contributed by atoms with Crippen molar-refractivity contribution in [1.82, 2.24) is 24.5 Å². The number of aromatic nitrogens is 4. The molecule has 0 saturated carbocycles. The second-order valence-corrected chi connectivity index (χ2v) is 12.3. The molecule has 1 atom stereocenters. The number of hydrogen-bond acceptors (Lipinski definition) is 8. The molecule has 0 bridgehead atoms. The molecule has 32 heavy (non-hydrogen) atoms. The van der Waals surface area contributed by atoms with Gasteiger partial charge in [-0.05, 0) is 64.2 Å². The Kier molecular flexibility index (Phi) is 6.53. The fraction of sp³-hybridized carbons (Fsp3) is 0.476. The van der Waals surface area contributed by atoms with Crippen LogP contribution in [-0.2, 0) is 23.1 Å². The van der Waals surface area contributed by atoms with Gasteiger partial charge in [0.25, 0.3) is 0 Å². The highest BCUT2D eigenvalue weighted by atomic mass is 32.2. The van der Waals surface area contributed by atoms with Crippen molar-refractivity contribution in [3.05, 3.63) is 50.7 Å². The fourth-order valence-corrected chi connectivity index (χ4v) is 6.80. The summed E-state index contributed by atoms with van der Waals surface area (Å²) in [4.78, 5) is 2.14. The Hall–Kier alpha value is -2.08. The van der Waals surface area contributed by atoms with E-state index in [9.17, 15) is 8.42 Å². The number of nitrogens with one attached hydrogen (secondary N) is 1. The van der Waals surface area contributed by atoms with Crippen molar-refractivity contribution in [1.29, 1.82) is 0 Å². The van der Waals surface area contributed by atoms with Crippen LogP contribution in [0.1, 0.15) is 35.0 Å². The van der Waals surface area contributed by atoms with Crippen LogP contribution in [0, 0.1) is 24.7 Å². The molecule has 3 heterocycles. The SMILES string of the molecule is Cc1cccc(Nc2nn(CN(C)Cc3c(C)nn(C4CCS(=O)(=O)C4)c3C)c(=S)s2)c1. The van der Waals surface area contributed by atoms with Crippen LogP contribution in [0.5, 0.6) is 0 Å². The summed E-state index contributed by atoms with van der Waals surface area (Å²) in [5, 5.41) is 13.4. The fourth-order valence-electron chi connectivity index (χ4n) is 4.09. The Morgan fingerprint density at radius 3 is 2.75 bits per heavy atom. The number of sulfone groups is 1. The lowest BCUT2D eigenvalue weighted by molar-refractivity contribution is 0.244. The minimum atomic E-state index is -2.95. The average molecular weight is 493 g/mol. The topological polar surface area (TPSA) is 85.1 Å². The largest absolute Gasteiger partial charge is 0.330 e. The molecule has 0 radical (unpaired) electrons. The molecule has 4 rings (SSSR count). The minimum absolute atomic E-state index is 0.0693. The molecule has 8 nitrogen and oxygen atoms in total. The maximum Gasteiger partial charge on any atom is 0.209 e. The van der Waals surface area contributed by atoms with Crippen LogP contribution in [0.3, 0.4) is 0 Å². The number of anilines is 2. The van der Waals surface area contributed by atoms with Gasteiger partial charge in [0.2, 0.25) is 5.13 Å². The van der Waals surface area contributed by atoms with Crippen LogP contribution in [-0.4, -0.2) is 51.4 Å². The second kappa shape index (κ2) is 9.05. The van der Waals surface area contributed by atoms with E-state index in [2.05, 4.69) is 39.5 Å². The van der Waals surface area contributed by atoms with E-state index in [0.717, 1.165) is 27.8 Å². The Morgan fingerprint density at radius 1 is 1.28 bits per heavy atom. The Bertz CT molecular complexity index is 1290. The summed E-state index contributed by atoms with van der Waals surface area (Å²) in [5.74, 6) is 0.418. The first-order chi connectivity index (χ1) is 15.1. The maximum atomic E-state index is 11.9. The van der Waals surface area contributed by atoms with Crippen molar-refractivity contribution in [2.45, 2.75) is 46.4 Å². The highest BCUT2D eigenvalue weighted by Crippen LogP contribution is 2.27. The van der Waals surface area contributed by atoms with Crippen molar-refractivity contribution in [3.63, 3.8) is 0 Å². The molecule has 172 valence electrons. The Balaban J connectivity index is 1.45. The highest BCUT2D eigenvalue weighted by Gasteiger charge is 2.31. The van der Waals surface area contributed by atoms with Crippen LogP contribution >= 0.6 is 23.6 Å². The Labute approximate surface area is 197 Å². The molecule has 1 unspecified atom stereocenters. The van der Waals surface area contributed by atoms with Gasteiger partial charge in [-0.25, -0.2) is 13.1 Å². The summed E-state index contributed by atoms with van der Waals surface area (Å²) in [6.45, 7) is 7.28. The van der Waals surface area contributed by atoms with Gasteiger partial charge in [0.1, 0.15) is 0 Å². The number of nitrogens with zero attached hydrogens (tertiary/aromatic N) is 5. The number of benzene rings is 1. The third-order valence-corrected chi connectivity index (χ3v) is 8.68. The number of rotatable bonds is 7. The molecule has 2 aromatic heterocycles. The van der Waals surface area contributed by atoms with Crippen LogP contribution in [0.4, 0.5) is 10.8 Å². The summed E-state index contributed by atoms with van der Waals surface area (Å²) in [5.41, 5.74) is 5.25. The monoisotopic (exact) mass is 492 g/mol. The predicted octanol–water partition coefficient (Wildman–Crippen LogP) is 3.99. The van der Waals surface area contributed by atoms with Crippen molar-refractivity contribution < 1.29 is 8.42 Å². The highest BCUT2D eigenvalue weighted by molar-refractivity contribution is 7.91. The van der Waals surface area contributed by atoms with E-state index in [1.54, 1.807) is 0 Å². The van der Waals surface area contributed by atoms with Gasteiger partial charge in [-0.2, -0.15) is 5.10 Å². The zero-order valence-corrected chi connectivity index (χ0v) is 21.1. The van der Waals surface area contributed by atoms with E-state index in [-0.39, 0.29) is 17.5 Å². The summed E-state index contributed by atoms with van der Waals surface area (Å²) < 4.78 is 28.2. The molecule has 1 aliphatic heterocycles. The van der Waals surface area contributed by atoms with Crippen molar-refractivity contribution >= 4 is 44.2 Å². The second-order valence-electron chi connectivity index (χ2n) is 8.47. The first kappa shape index (κ1) is 23.1. The van der Waals surface area contributed by atoms with Gasteiger partial charge in [-0.3, -0.25) is 9.58 Å². The molecular weight excluding hydrogens is 464 g/mol. The van der Waals surface area contributed by atoms with Gasteiger partial charge in [0.05, 0.1) is 29.9 Å².